The predicted molar refractivity (Wildman–Crippen MR) is 75.5 cm³/mol. The van der Waals surface area contributed by atoms with Gasteiger partial charge in [0.25, 0.3) is 0 Å². The molecule has 2 rings (SSSR count). The number of methoxy groups -OCH3 is 1. The first-order valence-electron chi connectivity index (χ1n) is 6.88. The Labute approximate surface area is 123 Å². The molecule has 0 saturated carbocycles. The molecular weight excluding hydrogens is 274 g/mol. The fourth-order valence-electron chi connectivity index (χ4n) is 2.19. The van der Waals surface area contributed by atoms with Crippen LogP contribution in [-0.4, -0.2) is 61.1 Å². The Morgan fingerprint density at radius 1 is 1.52 bits per heavy atom. The molecule has 0 unspecified atom stereocenters. The second kappa shape index (κ2) is 8.04. The van der Waals surface area contributed by atoms with Crippen molar-refractivity contribution in [1.29, 1.82) is 0 Å². The number of rotatable bonds is 7. The number of carbonyl (C=O) groups is 1. The summed E-state index contributed by atoms with van der Waals surface area (Å²) in [5.74, 6) is -0.221. The molecule has 1 aromatic heterocycles. The van der Waals surface area contributed by atoms with Crippen LogP contribution < -0.4 is 10.6 Å². The first kappa shape index (κ1) is 15.8. The lowest BCUT2D eigenvalue weighted by Crippen LogP contribution is -2.45. The Balaban J connectivity index is 1.73. The maximum absolute atomic E-state index is 11.3. The smallest absolute Gasteiger partial charge is 0.246 e. The van der Waals surface area contributed by atoms with Crippen LogP contribution in [-0.2, 0) is 20.8 Å². The van der Waals surface area contributed by atoms with Gasteiger partial charge in [0.05, 0.1) is 18.8 Å². The SMILES string of the molecule is COCC(=O)NC[C@H]1OC[C@@H](NCc2ccncc2)[C@@H]1O. The number of aliphatic hydroxyl groups is 1. The number of aliphatic hydroxyl groups excluding tert-OH is 1. The van der Waals surface area contributed by atoms with Gasteiger partial charge in [0, 0.05) is 32.6 Å². The highest BCUT2D eigenvalue weighted by atomic mass is 16.5. The molecule has 0 spiro atoms. The van der Waals surface area contributed by atoms with E-state index in [4.69, 9.17) is 9.47 Å². The molecule has 1 fully saturated rings. The van der Waals surface area contributed by atoms with E-state index in [0.717, 1.165) is 5.56 Å². The zero-order chi connectivity index (χ0) is 15.1. The van der Waals surface area contributed by atoms with Crippen molar-refractivity contribution < 1.29 is 19.4 Å². The first-order valence-corrected chi connectivity index (χ1v) is 6.88. The van der Waals surface area contributed by atoms with E-state index >= 15 is 0 Å². The lowest BCUT2D eigenvalue weighted by atomic mass is 10.1. The Hall–Kier alpha value is -1.54. The van der Waals surface area contributed by atoms with Crippen LogP contribution in [0.3, 0.4) is 0 Å². The molecule has 3 N–H and O–H groups in total. The average molecular weight is 295 g/mol. The van der Waals surface area contributed by atoms with Crippen molar-refractivity contribution in [3.05, 3.63) is 30.1 Å². The second-order valence-electron chi connectivity index (χ2n) is 4.94. The predicted octanol–water partition coefficient (Wildman–Crippen LogP) is -0.938. The van der Waals surface area contributed by atoms with Crippen molar-refractivity contribution in [2.24, 2.45) is 0 Å². The number of amides is 1. The van der Waals surface area contributed by atoms with E-state index in [1.807, 2.05) is 12.1 Å². The van der Waals surface area contributed by atoms with Gasteiger partial charge in [0.1, 0.15) is 12.7 Å². The third-order valence-electron chi connectivity index (χ3n) is 3.38. The topological polar surface area (TPSA) is 92.7 Å². The highest BCUT2D eigenvalue weighted by molar-refractivity contribution is 5.77. The minimum absolute atomic E-state index is 0.00648. The van der Waals surface area contributed by atoms with Crippen molar-refractivity contribution in [1.82, 2.24) is 15.6 Å². The van der Waals surface area contributed by atoms with Crippen molar-refractivity contribution in [2.75, 3.05) is 26.9 Å². The molecule has 1 aliphatic heterocycles. The summed E-state index contributed by atoms with van der Waals surface area (Å²) in [7, 11) is 1.46. The number of hydrogen-bond acceptors (Lipinski definition) is 6. The molecule has 21 heavy (non-hydrogen) atoms. The normalized spacial score (nSPS) is 25.0. The highest BCUT2D eigenvalue weighted by Crippen LogP contribution is 2.14. The van der Waals surface area contributed by atoms with Crippen molar-refractivity contribution in [3.63, 3.8) is 0 Å². The summed E-state index contributed by atoms with van der Waals surface area (Å²) in [5.41, 5.74) is 1.09. The summed E-state index contributed by atoms with van der Waals surface area (Å²) in [6.07, 6.45) is 2.40. The van der Waals surface area contributed by atoms with Gasteiger partial charge in [-0.05, 0) is 17.7 Å². The maximum atomic E-state index is 11.3. The number of nitrogens with zero attached hydrogens (tertiary/aromatic N) is 1. The standard InChI is InChI=1S/C14H21N3O4/c1-20-9-13(18)17-7-12-14(19)11(8-21-12)16-6-10-2-4-15-5-3-10/h2-5,11-12,14,16,19H,6-9H2,1H3,(H,17,18)/t11-,12-,14+/m1/s1. The molecule has 116 valence electrons. The van der Waals surface area contributed by atoms with Gasteiger partial charge < -0.3 is 25.2 Å². The zero-order valence-corrected chi connectivity index (χ0v) is 12.0. The van der Waals surface area contributed by atoms with E-state index in [1.165, 1.54) is 7.11 Å². The molecule has 1 aliphatic rings. The summed E-state index contributed by atoms with van der Waals surface area (Å²) in [5, 5.41) is 16.1. The van der Waals surface area contributed by atoms with E-state index in [0.29, 0.717) is 13.2 Å². The van der Waals surface area contributed by atoms with Gasteiger partial charge in [-0.2, -0.15) is 0 Å². The van der Waals surface area contributed by atoms with Crippen LogP contribution in [0.5, 0.6) is 0 Å². The molecule has 1 aromatic rings. The minimum atomic E-state index is -0.658. The quantitative estimate of drug-likeness (QED) is 0.601. The minimum Gasteiger partial charge on any atom is -0.389 e. The fourth-order valence-corrected chi connectivity index (χ4v) is 2.19. The Morgan fingerprint density at radius 2 is 2.29 bits per heavy atom. The number of nitrogens with one attached hydrogen (secondary N) is 2. The van der Waals surface area contributed by atoms with E-state index < -0.39 is 12.2 Å². The van der Waals surface area contributed by atoms with Crippen LogP contribution in [0.4, 0.5) is 0 Å². The van der Waals surface area contributed by atoms with Crippen LogP contribution in [0.15, 0.2) is 24.5 Å². The molecule has 0 radical (unpaired) electrons. The van der Waals surface area contributed by atoms with Gasteiger partial charge >= 0.3 is 0 Å². The molecule has 2 heterocycles. The molecule has 1 amide bonds. The van der Waals surface area contributed by atoms with E-state index in [2.05, 4.69) is 15.6 Å². The summed E-state index contributed by atoms with van der Waals surface area (Å²) >= 11 is 0. The van der Waals surface area contributed by atoms with Crippen molar-refractivity contribution in [2.45, 2.75) is 24.8 Å². The van der Waals surface area contributed by atoms with Gasteiger partial charge in [-0.15, -0.1) is 0 Å². The maximum Gasteiger partial charge on any atom is 0.246 e. The number of pyridine rings is 1. The molecule has 3 atom stereocenters. The molecule has 1 saturated heterocycles. The van der Waals surface area contributed by atoms with Crippen LogP contribution in [0, 0.1) is 0 Å². The van der Waals surface area contributed by atoms with Crippen LogP contribution in [0.1, 0.15) is 5.56 Å². The first-order chi connectivity index (χ1) is 10.2. The van der Waals surface area contributed by atoms with Gasteiger partial charge in [0.15, 0.2) is 0 Å². The number of aromatic nitrogens is 1. The lowest BCUT2D eigenvalue weighted by Gasteiger charge is -2.18. The van der Waals surface area contributed by atoms with E-state index in [1.54, 1.807) is 12.4 Å². The number of ether oxygens (including phenoxy) is 2. The highest BCUT2D eigenvalue weighted by Gasteiger charge is 2.35. The Morgan fingerprint density at radius 3 is 3.00 bits per heavy atom. The van der Waals surface area contributed by atoms with Crippen molar-refractivity contribution in [3.8, 4) is 0 Å². The number of carbonyl (C=O) groups excluding carboxylic acids is 1. The van der Waals surface area contributed by atoms with Gasteiger partial charge in [-0.25, -0.2) is 0 Å². The van der Waals surface area contributed by atoms with E-state index in [-0.39, 0.29) is 25.1 Å². The summed E-state index contributed by atoms with van der Waals surface area (Å²) in [6.45, 7) is 1.33. The molecule has 7 nitrogen and oxygen atoms in total. The zero-order valence-electron chi connectivity index (χ0n) is 12.0. The molecule has 0 aromatic carbocycles. The Kier molecular flexibility index (Phi) is 6.06. The van der Waals surface area contributed by atoms with Crippen LogP contribution in [0.2, 0.25) is 0 Å². The molecule has 0 aliphatic carbocycles. The fraction of sp³-hybridized carbons (Fsp3) is 0.571. The third-order valence-corrected chi connectivity index (χ3v) is 3.38. The second-order valence-corrected chi connectivity index (χ2v) is 4.94. The summed E-state index contributed by atoms with van der Waals surface area (Å²) < 4.78 is 10.2. The molecular formula is C14H21N3O4. The van der Waals surface area contributed by atoms with Crippen LogP contribution >= 0.6 is 0 Å². The van der Waals surface area contributed by atoms with Gasteiger partial charge in [-0.3, -0.25) is 9.78 Å². The number of hydrogen-bond donors (Lipinski definition) is 3. The summed E-state index contributed by atoms with van der Waals surface area (Å²) in [6, 6.07) is 3.68. The lowest BCUT2D eigenvalue weighted by molar-refractivity contribution is -0.125. The summed E-state index contributed by atoms with van der Waals surface area (Å²) in [4.78, 5) is 15.3. The molecule has 0 bridgehead atoms. The van der Waals surface area contributed by atoms with Crippen LogP contribution in [0.25, 0.3) is 0 Å². The van der Waals surface area contributed by atoms with Crippen molar-refractivity contribution >= 4 is 5.91 Å². The largest absolute Gasteiger partial charge is 0.389 e. The third kappa shape index (κ3) is 4.75. The monoisotopic (exact) mass is 295 g/mol. The van der Waals surface area contributed by atoms with Gasteiger partial charge in [0.2, 0.25) is 5.91 Å². The molecule has 7 heteroatoms. The Bertz CT molecular complexity index is 443. The van der Waals surface area contributed by atoms with E-state index in [9.17, 15) is 9.90 Å². The van der Waals surface area contributed by atoms with Gasteiger partial charge in [-0.1, -0.05) is 0 Å². The average Bonchev–Trinajstić information content (AvgIpc) is 2.85.